The maximum Gasteiger partial charge on any atom is 0.264 e. The van der Waals surface area contributed by atoms with Gasteiger partial charge in [-0.15, -0.1) is 0 Å². The lowest BCUT2D eigenvalue weighted by molar-refractivity contribution is -0.120. The first-order chi connectivity index (χ1) is 13.9. The zero-order valence-electron chi connectivity index (χ0n) is 16.6. The molecule has 2 aromatic rings. The molecule has 0 saturated heterocycles. The van der Waals surface area contributed by atoms with Gasteiger partial charge in [-0.3, -0.25) is 4.79 Å². The minimum absolute atomic E-state index is 0.0323. The smallest absolute Gasteiger partial charge is 0.264 e. The van der Waals surface area contributed by atoms with Crippen molar-refractivity contribution in [3.63, 3.8) is 0 Å². The lowest BCUT2D eigenvalue weighted by Gasteiger charge is -2.19. The molecule has 1 heterocycles. The Morgan fingerprint density at radius 2 is 1.93 bits per heavy atom. The van der Waals surface area contributed by atoms with Crippen LogP contribution in [0, 0.1) is 6.92 Å². The number of benzene rings is 2. The summed E-state index contributed by atoms with van der Waals surface area (Å²) in [4.78, 5) is 14.6. The van der Waals surface area contributed by atoms with Crippen LogP contribution < -0.4 is 14.4 Å². The van der Waals surface area contributed by atoms with Gasteiger partial charge in [0.25, 0.3) is 5.91 Å². The second-order valence-corrected chi connectivity index (χ2v) is 9.46. The number of rotatable bonds is 6. The van der Waals surface area contributed by atoms with Crippen molar-refractivity contribution in [1.82, 2.24) is 4.72 Å². The number of hydrogen-bond donors (Lipinski definition) is 1. The Bertz CT molecular complexity index is 1010. The molecule has 0 bridgehead atoms. The van der Waals surface area contributed by atoms with Crippen molar-refractivity contribution in [2.75, 3.05) is 18.1 Å². The molecule has 29 heavy (non-hydrogen) atoms. The van der Waals surface area contributed by atoms with Gasteiger partial charge in [0, 0.05) is 18.3 Å². The summed E-state index contributed by atoms with van der Waals surface area (Å²) in [7, 11) is -3.53. The molecule has 154 valence electrons. The number of ether oxygens (including phenoxy) is 1. The van der Waals surface area contributed by atoms with E-state index in [0.717, 1.165) is 42.5 Å². The van der Waals surface area contributed by atoms with Crippen LogP contribution in [0.15, 0.2) is 47.4 Å². The summed E-state index contributed by atoms with van der Waals surface area (Å²) < 4.78 is 33.9. The van der Waals surface area contributed by atoms with E-state index < -0.39 is 10.0 Å². The zero-order valence-corrected chi connectivity index (χ0v) is 17.4. The lowest BCUT2D eigenvalue weighted by Crippen LogP contribution is -2.33. The van der Waals surface area contributed by atoms with E-state index in [-0.39, 0.29) is 23.5 Å². The number of aryl methyl sites for hydroxylation is 1. The van der Waals surface area contributed by atoms with Gasteiger partial charge in [0.1, 0.15) is 5.75 Å². The maximum atomic E-state index is 12.7. The SMILES string of the molecule is Cc1ccccc1OCC(=O)N1CCc2cc(S(=O)(=O)NC3CCCC3)ccc21. The lowest BCUT2D eigenvalue weighted by atomic mass is 10.2. The molecule has 1 saturated carbocycles. The van der Waals surface area contributed by atoms with E-state index in [1.165, 1.54) is 0 Å². The van der Waals surface area contributed by atoms with Gasteiger partial charge in [0.15, 0.2) is 6.61 Å². The zero-order chi connectivity index (χ0) is 20.4. The number of sulfonamides is 1. The van der Waals surface area contributed by atoms with Crippen LogP contribution in [0.3, 0.4) is 0 Å². The van der Waals surface area contributed by atoms with Gasteiger partial charge in [0.2, 0.25) is 10.0 Å². The number of nitrogens with zero attached hydrogens (tertiary/aromatic N) is 1. The third-order valence-corrected chi connectivity index (χ3v) is 7.20. The van der Waals surface area contributed by atoms with Crippen molar-refractivity contribution in [3.8, 4) is 5.75 Å². The Labute approximate surface area is 171 Å². The average Bonchev–Trinajstić information content (AvgIpc) is 3.36. The molecule has 0 aromatic heterocycles. The molecule has 7 heteroatoms. The maximum absolute atomic E-state index is 12.7. The molecule has 4 rings (SSSR count). The monoisotopic (exact) mass is 414 g/mol. The Balaban J connectivity index is 1.45. The second kappa shape index (κ2) is 8.16. The van der Waals surface area contributed by atoms with Crippen molar-refractivity contribution in [2.45, 2.75) is 50.0 Å². The number of amides is 1. The fourth-order valence-corrected chi connectivity index (χ4v) is 5.43. The molecule has 0 unspecified atom stereocenters. The van der Waals surface area contributed by atoms with E-state index in [1.54, 1.807) is 23.1 Å². The predicted octanol–water partition coefficient (Wildman–Crippen LogP) is 3.18. The van der Waals surface area contributed by atoms with E-state index in [4.69, 9.17) is 4.74 Å². The van der Waals surface area contributed by atoms with Gasteiger partial charge in [-0.05, 0) is 61.6 Å². The van der Waals surface area contributed by atoms with Crippen molar-refractivity contribution in [2.24, 2.45) is 0 Å². The number of hydrogen-bond acceptors (Lipinski definition) is 4. The Kier molecular flexibility index (Phi) is 5.61. The molecule has 6 nitrogen and oxygen atoms in total. The van der Waals surface area contributed by atoms with Crippen molar-refractivity contribution >= 4 is 21.6 Å². The van der Waals surface area contributed by atoms with Gasteiger partial charge in [0.05, 0.1) is 4.90 Å². The van der Waals surface area contributed by atoms with Crippen LogP contribution >= 0.6 is 0 Å². The number of anilines is 1. The van der Waals surface area contributed by atoms with Gasteiger partial charge in [-0.2, -0.15) is 0 Å². The van der Waals surface area contributed by atoms with Gasteiger partial charge in [-0.1, -0.05) is 31.0 Å². The van der Waals surface area contributed by atoms with E-state index >= 15 is 0 Å². The van der Waals surface area contributed by atoms with Crippen molar-refractivity contribution in [1.29, 1.82) is 0 Å². The number of carbonyl (C=O) groups is 1. The van der Waals surface area contributed by atoms with Crippen LogP contribution in [-0.4, -0.2) is 33.5 Å². The summed E-state index contributed by atoms with van der Waals surface area (Å²) in [6.07, 6.45) is 4.57. The molecule has 2 aliphatic rings. The van der Waals surface area contributed by atoms with E-state index in [2.05, 4.69) is 4.72 Å². The standard InChI is InChI=1S/C22H26N2O4S/c1-16-6-2-5-9-21(16)28-15-22(25)24-13-12-17-14-19(10-11-20(17)24)29(26,27)23-18-7-3-4-8-18/h2,5-6,9-11,14,18,23H,3-4,7-8,12-13,15H2,1H3. The molecule has 1 fully saturated rings. The van der Waals surface area contributed by atoms with E-state index in [0.29, 0.717) is 18.7 Å². The summed E-state index contributed by atoms with van der Waals surface area (Å²) in [5, 5.41) is 0. The second-order valence-electron chi connectivity index (χ2n) is 7.74. The first kappa shape index (κ1) is 19.9. The molecular formula is C22H26N2O4S. The fraction of sp³-hybridized carbons (Fsp3) is 0.409. The number of nitrogens with one attached hydrogen (secondary N) is 1. The average molecular weight is 415 g/mol. The largest absolute Gasteiger partial charge is 0.483 e. The highest BCUT2D eigenvalue weighted by atomic mass is 32.2. The minimum Gasteiger partial charge on any atom is -0.483 e. The quantitative estimate of drug-likeness (QED) is 0.788. The molecule has 0 spiro atoms. The molecule has 1 aliphatic carbocycles. The van der Waals surface area contributed by atoms with Crippen molar-refractivity contribution < 1.29 is 17.9 Å². The van der Waals surface area contributed by atoms with Crippen LogP contribution in [0.25, 0.3) is 0 Å². The van der Waals surface area contributed by atoms with Gasteiger partial charge in [-0.25, -0.2) is 13.1 Å². The van der Waals surface area contributed by atoms with Crippen LogP contribution in [0.1, 0.15) is 36.8 Å². The summed E-state index contributed by atoms with van der Waals surface area (Å²) in [5.74, 6) is 0.561. The minimum atomic E-state index is -3.53. The highest BCUT2D eigenvalue weighted by Gasteiger charge is 2.28. The van der Waals surface area contributed by atoms with Crippen LogP contribution in [0.5, 0.6) is 5.75 Å². The van der Waals surface area contributed by atoms with Crippen LogP contribution in [0.2, 0.25) is 0 Å². The van der Waals surface area contributed by atoms with Gasteiger partial charge < -0.3 is 9.64 Å². The van der Waals surface area contributed by atoms with Crippen LogP contribution in [-0.2, 0) is 21.2 Å². The Morgan fingerprint density at radius 1 is 1.17 bits per heavy atom. The van der Waals surface area contributed by atoms with E-state index in [1.807, 2.05) is 31.2 Å². The Morgan fingerprint density at radius 3 is 2.69 bits per heavy atom. The predicted molar refractivity (Wildman–Crippen MR) is 112 cm³/mol. The highest BCUT2D eigenvalue weighted by molar-refractivity contribution is 7.89. The summed E-state index contributed by atoms with van der Waals surface area (Å²) in [6, 6.07) is 12.6. The molecule has 1 aliphatic heterocycles. The first-order valence-electron chi connectivity index (χ1n) is 10.1. The molecular weight excluding hydrogens is 388 g/mol. The third kappa shape index (κ3) is 4.31. The third-order valence-electron chi connectivity index (χ3n) is 5.68. The Hall–Kier alpha value is -2.38. The van der Waals surface area contributed by atoms with E-state index in [9.17, 15) is 13.2 Å². The van der Waals surface area contributed by atoms with Gasteiger partial charge >= 0.3 is 0 Å². The normalized spacial score (nSPS) is 16.8. The summed E-state index contributed by atoms with van der Waals surface area (Å²) >= 11 is 0. The topological polar surface area (TPSA) is 75.7 Å². The number of para-hydroxylation sites is 1. The summed E-state index contributed by atoms with van der Waals surface area (Å²) in [6.45, 7) is 2.42. The number of fused-ring (bicyclic) bond motifs is 1. The van der Waals surface area contributed by atoms with Crippen LogP contribution in [0.4, 0.5) is 5.69 Å². The summed E-state index contributed by atoms with van der Waals surface area (Å²) in [5.41, 5.74) is 2.62. The molecule has 0 radical (unpaired) electrons. The fourth-order valence-electron chi connectivity index (χ4n) is 4.07. The number of carbonyl (C=O) groups excluding carboxylic acids is 1. The van der Waals surface area contributed by atoms with Crippen molar-refractivity contribution in [3.05, 3.63) is 53.6 Å². The first-order valence-corrected chi connectivity index (χ1v) is 11.6. The molecule has 1 amide bonds. The highest BCUT2D eigenvalue weighted by Crippen LogP contribution is 2.31. The molecule has 0 atom stereocenters. The molecule has 1 N–H and O–H groups in total. The molecule has 2 aromatic carbocycles.